The molecule has 0 aliphatic carbocycles. The van der Waals surface area contributed by atoms with Crippen LogP contribution in [0.1, 0.15) is 23.7 Å². The lowest BCUT2D eigenvalue weighted by atomic mass is 9.90. The average molecular weight is 306 g/mol. The summed E-state index contributed by atoms with van der Waals surface area (Å²) < 4.78 is 5.30. The van der Waals surface area contributed by atoms with E-state index in [1.807, 2.05) is 0 Å². The number of hydrogen-bond donors (Lipinski definition) is 3. The summed E-state index contributed by atoms with van der Waals surface area (Å²) in [4.78, 5) is 25.2. The van der Waals surface area contributed by atoms with Gasteiger partial charge in [-0.05, 0) is 31.5 Å². The highest BCUT2D eigenvalue weighted by Gasteiger charge is 2.38. The van der Waals surface area contributed by atoms with E-state index >= 15 is 0 Å². The van der Waals surface area contributed by atoms with E-state index in [0.717, 1.165) is 0 Å². The van der Waals surface area contributed by atoms with Crippen molar-refractivity contribution in [2.24, 2.45) is 0 Å². The third-order valence-corrected chi connectivity index (χ3v) is 4.15. The summed E-state index contributed by atoms with van der Waals surface area (Å²) in [6.07, 6.45) is -0.657. The lowest BCUT2D eigenvalue weighted by Crippen LogP contribution is -2.55. The molecule has 1 fully saturated rings. The molecule has 1 aromatic rings. The first-order chi connectivity index (χ1) is 10.4. The van der Waals surface area contributed by atoms with E-state index in [1.54, 1.807) is 25.1 Å². The van der Waals surface area contributed by atoms with E-state index in [2.05, 4.69) is 5.32 Å². The summed E-state index contributed by atoms with van der Waals surface area (Å²) in [5.41, 5.74) is -0.210. The number of benzene rings is 1. The summed E-state index contributed by atoms with van der Waals surface area (Å²) in [5.74, 6) is -0.0131. The van der Waals surface area contributed by atoms with E-state index in [1.165, 1.54) is 4.90 Å². The van der Waals surface area contributed by atoms with Gasteiger partial charge in [-0.25, -0.2) is 0 Å². The van der Waals surface area contributed by atoms with Gasteiger partial charge in [-0.3, -0.25) is 9.59 Å². The molecule has 2 atom stereocenters. The van der Waals surface area contributed by atoms with Crippen molar-refractivity contribution >= 4 is 17.5 Å². The molecule has 0 bridgehead atoms. The third-order valence-electron chi connectivity index (χ3n) is 4.15. The molecular weight excluding hydrogens is 288 g/mol. The van der Waals surface area contributed by atoms with Crippen LogP contribution in [0.5, 0.6) is 5.75 Å². The predicted octanol–water partition coefficient (Wildman–Crippen LogP) is -0.0247. The Bertz CT molecular complexity index is 628. The SMILES string of the molecule is C[C@@]1(O)CCN(C(=O)c2ccc3c(c2)OCC(=O)N3)C[C@H]1O. The van der Waals surface area contributed by atoms with Crippen molar-refractivity contribution in [3.63, 3.8) is 0 Å². The Hall–Kier alpha value is -2.12. The van der Waals surface area contributed by atoms with Crippen molar-refractivity contribution in [3.8, 4) is 5.75 Å². The number of aliphatic hydroxyl groups excluding tert-OH is 1. The third kappa shape index (κ3) is 2.65. The maximum atomic E-state index is 12.5. The Balaban J connectivity index is 1.77. The van der Waals surface area contributed by atoms with Crippen LogP contribution in [0.4, 0.5) is 5.69 Å². The summed E-state index contributed by atoms with van der Waals surface area (Å²) in [6.45, 7) is 1.95. The monoisotopic (exact) mass is 306 g/mol. The average Bonchev–Trinajstić information content (AvgIpc) is 2.49. The molecule has 0 unspecified atom stereocenters. The number of nitrogens with one attached hydrogen (secondary N) is 1. The first-order valence-electron chi connectivity index (χ1n) is 7.13. The van der Waals surface area contributed by atoms with E-state index in [-0.39, 0.29) is 25.0 Å². The number of β-amino-alcohol motifs (C(OH)–C–C–N with tert-alkyl or cyclic N) is 1. The minimum Gasteiger partial charge on any atom is -0.482 e. The van der Waals surface area contributed by atoms with Crippen molar-refractivity contribution in [3.05, 3.63) is 23.8 Å². The first kappa shape index (κ1) is 14.8. The number of carbonyl (C=O) groups is 2. The summed E-state index contributed by atoms with van der Waals surface area (Å²) in [6, 6.07) is 4.81. The summed E-state index contributed by atoms with van der Waals surface area (Å²) >= 11 is 0. The van der Waals surface area contributed by atoms with E-state index in [4.69, 9.17) is 4.74 Å². The fraction of sp³-hybridized carbons (Fsp3) is 0.467. The van der Waals surface area contributed by atoms with Gasteiger partial charge in [-0.1, -0.05) is 0 Å². The Labute approximate surface area is 127 Å². The largest absolute Gasteiger partial charge is 0.482 e. The second-order valence-electron chi connectivity index (χ2n) is 5.92. The molecule has 1 saturated heterocycles. The van der Waals surface area contributed by atoms with E-state index < -0.39 is 11.7 Å². The minimum absolute atomic E-state index is 0.0735. The van der Waals surface area contributed by atoms with Gasteiger partial charge < -0.3 is 25.2 Å². The van der Waals surface area contributed by atoms with Gasteiger partial charge in [0.25, 0.3) is 11.8 Å². The lowest BCUT2D eigenvalue weighted by molar-refractivity contribution is -0.118. The predicted molar refractivity (Wildman–Crippen MR) is 77.7 cm³/mol. The number of ether oxygens (including phenoxy) is 1. The van der Waals surface area contributed by atoms with Gasteiger partial charge in [0.2, 0.25) is 0 Å². The maximum absolute atomic E-state index is 12.5. The molecule has 3 N–H and O–H groups in total. The number of fused-ring (bicyclic) bond motifs is 1. The van der Waals surface area contributed by atoms with E-state index in [0.29, 0.717) is 30.0 Å². The van der Waals surface area contributed by atoms with Crippen molar-refractivity contribution in [1.29, 1.82) is 0 Å². The fourth-order valence-electron chi connectivity index (χ4n) is 2.60. The molecule has 1 aromatic carbocycles. The molecule has 2 aliphatic heterocycles. The number of nitrogens with zero attached hydrogens (tertiary/aromatic N) is 1. The fourth-order valence-corrected chi connectivity index (χ4v) is 2.60. The Morgan fingerprint density at radius 2 is 2.27 bits per heavy atom. The molecule has 2 aliphatic rings. The molecule has 0 radical (unpaired) electrons. The number of likely N-dealkylation sites (tertiary alicyclic amines) is 1. The number of piperidine rings is 1. The van der Waals surface area contributed by atoms with Gasteiger partial charge in [0, 0.05) is 18.7 Å². The zero-order valence-corrected chi connectivity index (χ0v) is 12.2. The second kappa shape index (κ2) is 5.26. The highest BCUT2D eigenvalue weighted by Crippen LogP contribution is 2.30. The topological polar surface area (TPSA) is 99.1 Å². The van der Waals surface area contributed by atoms with Crippen LogP contribution in [0.15, 0.2) is 18.2 Å². The van der Waals surface area contributed by atoms with Gasteiger partial charge >= 0.3 is 0 Å². The molecule has 7 heteroatoms. The highest BCUT2D eigenvalue weighted by atomic mass is 16.5. The quantitative estimate of drug-likeness (QED) is 0.677. The second-order valence-corrected chi connectivity index (χ2v) is 5.92. The molecule has 3 rings (SSSR count). The van der Waals surface area contributed by atoms with Crippen LogP contribution in [0, 0.1) is 0 Å². The Morgan fingerprint density at radius 1 is 1.50 bits per heavy atom. The summed E-state index contributed by atoms with van der Waals surface area (Å²) in [7, 11) is 0. The van der Waals surface area contributed by atoms with E-state index in [9.17, 15) is 19.8 Å². The number of aliphatic hydroxyl groups is 2. The smallest absolute Gasteiger partial charge is 0.262 e. The molecule has 7 nitrogen and oxygen atoms in total. The molecule has 0 spiro atoms. The Morgan fingerprint density at radius 3 is 3.00 bits per heavy atom. The van der Waals surface area contributed by atoms with Crippen LogP contribution in [-0.4, -0.2) is 58.3 Å². The normalized spacial score (nSPS) is 27.7. The zero-order valence-electron chi connectivity index (χ0n) is 12.2. The first-order valence-corrected chi connectivity index (χ1v) is 7.13. The van der Waals surface area contributed by atoms with Gasteiger partial charge in [-0.2, -0.15) is 0 Å². The summed E-state index contributed by atoms with van der Waals surface area (Å²) in [5, 5.41) is 22.5. The number of carbonyl (C=O) groups excluding carboxylic acids is 2. The van der Waals surface area contributed by atoms with Gasteiger partial charge in [0.1, 0.15) is 5.75 Å². The molecule has 118 valence electrons. The number of hydrogen-bond acceptors (Lipinski definition) is 5. The number of anilines is 1. The van der Waals surface area contributed by atoms with Crippen molar-refractivity contribution in [1.82, 2.24) is 4.90 Å². The van der Waals surface area contributed by atoms with Crippen molar-refractivity contribution in [2.75, 3.05) is 25.0 Å². The zero-order chi connectivity index (χ0) is 15.9. The van der Waals surface area contributed by atoms with Crippen LogP contribution in [0.25, 0.3) is 0 Å². The molecule has 2 heterocycles. The lowest BCUT2D eigenvalue weighted by Gasteiger charge is -2.40. The number of amides is 2. The standard InChI is InChI=1S/C15H18N2O5/c1-15(21)4-5-17(7-12(15)18)14(20)9-2-3-10-11(6-9)22-8-13(19)16-10/h2-3,6,12,18,21H,4-5,7-8H2,1H3,(H,16,19)/t12-,15-/m1/s1. The van der Waals surface area contributed by atoms with Gasteiger partial charge in [-0.15, -0.1) is 0 Å². The molecule has 2 amide bonds. The van der Waals surface area contributed by atoms with Crippen LogP contribution >= 0.6 is 0 Å². The molecule has 22 heavy (non-hydrogen) atoms. The van der Waals surface area contributed by atoms with Crippen LogP contribution in [0.2, 0.25) is 0 Å². The van der Waals surface area contributed by atoms with Crippen LogP contribution < -0.4 is 10.1 Å². The Kier molecular flexibility index (Phi) is 3.54. The van der Waals surface area contributed by atoms with Crippen molar-refractivity contribution < 1.29 is 24.5 Å². The van der Waals surface area contributed by atoms with Crippen LogP contribution in [0.3, 0.4) is 0 Å². The molecule has 0 aromatic heterocycles. The molecule has 0 saturated carbocycles. The number of rotatable bonds is 1. The van der Waals surface area contributed by atoms with Crippen molar-refractivity contribution in [2.45, 2.75) is 25.0 Å². The van der Waals surface area contributed by atoms with Gasteiger partial charge in [0.05, 0.1) is 17.4 Å². The van der Waals surface area contributed by atoms with Crippen LogP contribution in [-0.2, 0) is 4.79 Å². The highest BCUT2D eigenvalue weighted by molar-refractivity contribution is 5.99. The van der Waals surface area contributed by atoms with Gasteiger partial charge in [0.15, 0.2) is 6.61 Å². The minimum atomic E-state index is -1.17. The maximum Gasteiger partial charge on any atom is 0.262 e. The molecular formula is C15H18N2O5.